The first kappa shape index (κ1) is 25.4. The van der Waals surface area contributed by atoms with Gasteiger partial charge >= 0.3 is 6.36 Å². The minimum absolute atomic E-state index is 0.130. The lowest BCUT2D eigenvalue weighted by atomic mass is 9.98. The van der Waals surface area contributed by atoms with Crippen molar-refractivity contribution in [2.24, 2.45) is 0 Å². The van der Waals surface area contributed by atoms with Crippen LogP contribution in [0.5, 0.6) is 5.75 Å². The molecule has 1 aromatic carbocycles. The van der Waals surface area contributed by atoms with Gasteiger partial charge in [0.1, 0.15) is 16.6 Å². The number of piperidine rings is 1. The molecule has 2 N–H and O–H groups in total. The van der Waals surface area contributed by atoms with E-state index in [0.29, 0.717) is 16.5 Å². The van der Waals surface area contributed by atoms with Crippen LogP contribution in [0.1, 0.15) is 36.3 Å². The van der Waals surface area contributed by atoms with Gasteiger partial charge in [0.25, 0.3) is 0 Å². The van der Waals surface area contributed by atoms with Gasteiger partial charge in [-0.15, -0.1) is 23.4 Å². The maximum atomic E-state index is 12.4. The monoisotopic (exact) mass is 520 g/mol. The zero-order chi connectivity index (χ0) is 25.7. The van der Waals surface area contributed by atoms with Gasteiger partial charge in [0, 0.05) is 25.9 Å². The molecule has 0 bridgehead atoms. The average Bonchev–Trinajstić information content (AvgIpc) is 3.26. The Bertz CT molecular complexity index is 1220. The van der Waals surface area contributed by atoms with Gasteiger partial charge in [-0.1, -0.05) is 23.5 Å². The average molecular weight is 521 g/mol. The van der Waals surface area contributed by atoms with Crippen LogP contribution in [-0.4, -0.2) is 46.4 Å². The highest BCUT2D eigenvalue weighted by molar-refractivity contribution is 7.15. The van der Waals surface area contributed by atoms with Crippen LogP contribution in [0.3, 0.4) is 0 Å². The number of ether oxygens (including phenoxy) is 1. The first-order valence-corrected chi connectivity index (χ1v) is 11.9. The van der Waals surface area contributed by atoms with Crippen molar-refractivity contribution in [1.29, 1.82) is 0 Å². The van der Waals surface area contributed by atoms with Crippen LogP contribution in [0.15, 0.2) is 42.6 Å². The molecule has 2 amide bonds. The molecule has 4 rings (SSSR count). The lowest BCUT2D eigenvalue weighted by Crippen LogP contribution is -2.34. The molecular weight excluding hydrogens is 497 g/mol. The SMILES string of the molecule is CC(=O)Nc1nnc(C2CCCN(c3ccc(NC(=O)Cc4cccc(OC(F)(F)F)c4)nc3)C2)s1. The second-order valence-electron chi connectivity index (χ2n) is 8.23. The van der Waals surface area contributed by atoms with E-state index in [0.717, 1.165) is 36.6 Å². The van der Waals surface area contributed by atoms with Crippen molar-refractivity contribution in [3.05, 3.63) is 53.2 Å². The van der Waals surface area contributed by atoms with Gasteiger partial charge in [0.2, 0.25) is 16.9 Å². The molecule has 0 spiro atoms. The Kier molecular flexibility index (Phi) is 7.67. The first-order chi connectivity index (χ1) is 17.1. The van der Waals surface area contributed by atoms with Crippen LogP contribution in [0.4, 0.5) is 29.8 Å². The molecular formula is C23H23F3N6O3S. The van der Waals surface area contributed by atoms with Crippen LogP contribution in [0, 0.1) is 0 Å². The summed E-state index contributed by atoms with van der Waals surface area (Å²) in [5.74, 6) is -0.469. The normalized spacial score (nSPS) is 15.9. The zero-order valence-corrected chi connectivity index (χ0v) is 20.0. The molecule has 1 saturated heterocycles. The van der Waals surface area contributed by atoms with E-state index in [1.807, 2.05) is 6.07 Å². The van der Waals surface area contributed by atoms with Crippen molar-refractivity contribution in [2.45, 2.75) is 38.5 Å². The second-order valence-corrected chi connectivity index (χ2v) is 9.24. The number of nitrogens with zero attached hydrogens (tertiary/aromatic N) is 4. The lowest BCUT2D eigenvalue weighted by Gasteiger charge is -2.33. The molecule has 3 heterocycles. The fourth-order valence-electron chi connectivity index (χ4n) is 3.89. The van der Waals surface area contributed by atoms with Gasteiger partial charge in [-0.3, -0.25) is 9.59 Å². The van der Waals surface area contributed by atoms with Gasteiger partial charge in [-0.2, -0.15) is 0 Å². The van der Waals surface area contributed by atoms with E-state index in [1.54, 1.807) is 18.3 Å². The summed E-state index contributed by atoms with van der Waals surface area (Å²) in [4.78, 5) is 30.1. The highest BCUT2D eigenvalue weighted by Gasteiger charge is 2.31. The van der Waals surface area contributed by atoms with Gasteiger partial charge in [0.15, 0.2) is 0 Å². The smallest absolute Gasteiger partial charge is 0.406 e. The van der Waals surface area contributed by atoms with Crippen LogP contribution in [-0.2, 0) is 16.0 Å². The molecule has 1 aliphatic rings. The Morgan fingerprint density at radius 1 is 1.19 bits per heavy atom. The van der Waals surface area contributed by atoms with E-state index in [-0.39, 0.29) is 24.0 Å². The number of amides is 2. The molecule has 1 unspecified atom stereocenters. The number of halogens is 3. The molecule has 13 heteroatoms. The number of hydrogen-bond acceptors (Lipinski definition) is 8. The summed E-state index contributed by atoms with van der Waals surface area (Å²) >= 11 is 1.37. The summed E-state index contributed by atoms with van der Waals surface area (Å²) in [5.41, 5.74) is 1.27. The van der Waals surface area contributed by atoms with Crippen molar-refractivity contribution >= 4 is 39.8 Å². The summed E-state index contributed by atoms with van der Waals surface area (Å²) in [6.07, 6.45) is -1.35. The van der Waals surface area contributed by atoms with E-state index < -0.39 is 12.3 Å². The largest absolute Gasteiger partial charge is 0.573 e. The fourth-order valence-corrected chi connectivity index (χ4v) is 4.80. The molecule has 190 valence electrons. The van der Waals surface area contributed by atoms with Crippen LogP contribution < -0.4 is 20.3 Å². The predicted octanol–water partition coefficient (Wildman–Crippen LogP) is 4.36. The fraction of sp³-hybridized carbons (Fsp3) is 0.348. The number of nitrogens with one attached hydrogen (secondary N) is 2. The standard InChI is InChI=1S/C23H23F3N6O3S/c1-14(33)28-22-31-30-21(36-22)16-5-3-9-32(13-16)17-7-8-19(27-12-17)29-20(34)11-15-4-2-6-18(10-15)35-23(24,25)26/h2,4,6-8,10,12,16H,3,5,9,11,13H2,1H3,(H,27,29,34)(H,28,31,33). The molecule has 3 aromatic rings. The highest BCUT2D eigenvalue weighted by Crippen LogP contribution is 2.33. The molecule has 9 nitrogen and oxygen atoms in total. The van der Waals surface area contributed by atoms with Crippen molar-refractivity contribution in [3.63, 3.8) is 0 Å². The van der Waals surface area contributed by atoms with E-state index in [1.165, 1.54) is 36.5 Å². The Balaban J connectivity index is 1.33. The Morgan fingerprint density at radius 3 is 2.75 bits per heavy atom. The Labute approximate surface area is 208 Å². The zero-order valence-electron chi connectivity index (χ0n) is 19.2. The number of carbonyl (C=O) groups excluding carboxylic acids is 2. The quantitative estimate of drug-likeness (QED) is 0.477. The van der Waals surface area contributed by atoms with E-state index in [9.17, 15) is 22.8 Å². The van der Waals surface area contributed by atoms with E-state index >= 15 is 0 Å². The first-order valence-electron chi connectivity index (χ1n) is 11.1. The summed E-state index contributed by atoms with van der Waals surface area (Å²) in [6.45, 7) is 2.99. The van der Waals surface area contributed by atoms with Crippen molar-refractivity contribution in [2.75, 3.05) is 28.6 Å². The molecule has 0 saturated carbocycles. The van der Waals surface area contributed by atoms with Crippen LogP contribution >= 0.6 is 11.3 Å². The lowest BCUT2D eigenvalue weighted by molar-refractivity contribution is -0.274. The molecule has 36 heavy (non-hydrogen) atoms. The number of anilines is 3. The molecule has 1 fully saturated rings. The predicted molar refractivity (Wildman–Crippen MR) is 128 cm³/mol. The van der Waals surface area contributed by atoms with Crippen molar-refractivity contribution in [3.8, 4) is 5.75 Å². The van der Waals surface area contributed by atoms with Gasteiger partial charge in [-0.05, 0) is 42.7 Å². The maximum absolute atomic E-state index is 12.4. The minimum atomic E-state index is -4.80. The number of alkyl halides is 3. The number of benzene rings is 1. The summed E-state index contributed by atoms with van der Waals surface area (Å²) in [6, 6.07) is 8.82. The maximum Gasteiger partial charge on any atom is 0.573 e. The molecule has 2 aromatic heterocycles. The molecule has 0 radical (unpaired) electrons. The topological polar surface area (TPSA) is 109 Å². The number of rotatable bonds is 7. The van der Waals surface area contributed by atoms with Gasteiger partial charge in [-0.25, -0.2) is 4.98 Å². The van der Waals surface area contributed by atoms with Crippen molar-refractivity contribution < 1.29 is 27.5 Å². The molecule has 0 aliphatic carbocycles. The van der Waals surface area contributed by atoms with Gasteiger partial charge < -0.3 is 20.3 Å². The molecule has 1 aliphatic heterocycles. The summed E-state index contributed by atoms with van der Waals surface area (Å²) < 4.78 is 41.1. The minimum Gasteiger partial charge on any atom is -0.406 e. The number of pyridine rings is 1. The second kappa shape index (κ2) is 10.9. The number of hydrogen-bond donors (Lipinski definition) is 2. The third kappa shape index (κ3) is 7.13. The van der Waals surface area contributed by atoms with Gasteiger partial charge in [0.05, 0.1) is 18.3 Å². The summed E-state index contributed by atoms with van der Waals surface area (Å²) in [5, 5.41) is 14.9. The van der Waals surface area contributed by atoms with Crippen molar-refractivity contribution in [1.82, 2.24) is 15.2 Å². The Morgan fingerprint density at radius 2 is 2.03 bits per heavy atom. The highest BCUT2D eigenvalue weighted by atomic mass is 32.1. The Hall–Kier alpha value is -3.74. The van der Waals surface area contributed by atoms with E-state index in [2.05, 4.69) is 35.5 Å². The van der Waals surface area contributed by atoms with Crippen LogP contribution in [0.2, 0.25) is 0 Å². The number of carbonyl (C=O) groups is 2. The molecule has 1 atom stereocenters. The van der Waals surface area contributed by atoms with Crippen LogP contribution in [0.25, 0.3) is 0 Å². The van der Waals surface area contributed by atoms with E-state index in [4.69, 9.17) is 0 Å². The summed E-state index contributed by atoms with van der Waals surface area (Å²) in [7, 11) is 0. The third-order valence-electron chi connectivity index (χ3n) is 5.37. The third-order valence-corrected chi connectivity index (χ3v) is 6.37. The number of aromatic nitrogens is 3.